The van der Waals surface area contributed by atoms with Gasteiger partial charge in [-0.2, -0.15) is 4.98 Å². The normalized spacial score (nSPS) is 22.8. The van der Waals surface area contributed by atoms with E-state index in [4.69, 9.17) is 16.1 Å². The lowest BCUT2D eigenvalue weighted by molar-refractivity contribution is 0.317. The third-order valence-corrected chi connectivity index (χ3v) is 3.77. The molecule has 3 rings (SSSR count). The summed E-state index contributed by atoms with van der Waals surface area (Å²) < 4.78 is 5.36. The van der Waals surface area contributed by atoms with Gasteiger partial charge in [-0.15, -0.1) is 0 Å². The van der Waals surface area contributed by atoms with Crippen molar-refractivity contribution in [1.82, 2.24) is 15.5 Å². The zero-order valence-electron chi connectivity index (χ0n) is 10.8. The molecule has 0 aliphatic carbocycles. The van der Waals surface area contributed by atoms with Crippen LogP contribution in [0.4, 0.5) is 0 Å². The smallest absolute Gasteiger partial charge is 0.244 e. The zero-order valence-corrected chi connectivity index (χ0v) is 11.5. The minimum atomic E-state index is 0.195. The number of nitrogens with zero attached hydrogens (tertiary/aromatic N) is 2. The molecule has 0 spiro atoms. The number of halogens is 1. The fraction of sp³-hybridized carbons (Fsp3) is 0.429. The van der Waals surface area contributed by atoms with Crippen molar-refractivity contribution in [3.05, 3.63) is 46.6 Å². The van der Waals surface area contributed by atoms with E-state index >= 15 is 0 Å². The van der Waals surface area contributed by atoms with Crippen molar-refractivity contribution in [3.63, 3.8) is 0 Å². The molecular weight excluding hydrogens is 262 g/mol. The highest BCUT2D eigenvalue weighted by Gasteiger charge is 2.29. The Kier molecular flexibility index (Phi) is 3.53. The minimum Gasteiger partial charge on any atom is -0.338 e. The summed E-state index contributed by atoms with van der Waals surface area (Å²) in [5.74, 6) is 1.94. The first-order chi connectivity index (χ1) is 9.22. The number of benzene rings is 1. The fourth-order valence-corrected chi connectivity index (χ4v) is 2.67. The van der Waals surface area contributed by atoms with Crippen LogP contribution < -0.4 is 5.32 Å². The molecule has 0 amide bonds. The molecule has 1 N–H and O–H groups in total. The molecule has 1 fully saturated rings. The second-order valence-electron chi connectivity index (χ2n) is 5.05. The van der Waals surface area contributed by atoms with Gasteiger partial charge >= 0.3 is 0 Å². The summed E-state index contributed by atoms with van der Waals surface area (Å²) in [4.78, 5) is 4.48. The Balaban J connectivity index is 1.74. The molecule has 0 radical (unpaired) electrons. The Labute approximate surface area is 117 Å². The van der Waals surface area contributed by atoms with Crippen LogP contribution in [0.5, 0.6) is 0 Å². The Morgan fingerprint density at radius 2 is 2.37 bits per heavy atom. The van der Waals surface area contributed by atoms with Gasteiger partial charge in [0.1, 0.15) is 0 Å². The summed E-state index contributed by atoms with van der Waals surface area (Å²) >= 11 is 5.96. The number of rotatable bonds is 3. The maximum atomic E-state index is 5.96. The molecule has 2 unspecified atom stereocenters. The van der Waals surface area contributed by atoms with Gasteiger partial charge in [-0.1, -0.05) is 35.8 Å². The van der Waals surface area contributed by atoms with Gasteiger partial charge in [0.2, 0.25) is 5.89 Å². The van der Waals surface area contributed by atoms with E-state index in [9.17, 15) is 0 Å². The van der Waals surface area contributed by atoms with Crippen LogP contribution in [-0.4, -0.2) is 16.7 Å². The third kappa shape index (κ3) is 2.80. The first-order valence-electron chi connectivity index (χ1n) is 6.52. The summed E-state index contributed by atoms with van der Waals surface area (Å²) in [6.07, 6.45) is 1.79. The Hall–Kier alpha value is -1.39. The molecule has 2 heterocycles. The second kappa shape index (κ2) is 5.31. The summed E-state index contributed by atoms with van der Waals surface area (Å²) in [6, 6.07) is 7.92. The van der Waals surface area contributed by atoms with Gasteiger partial charge in [0.05, 0.1) is 6.04 Å². The topological polar surface area (TPSA) is 51.0 Å². The Morgan fingerprint density at radius 3 is 3.11 bits per heavy atom. The summed E-state index contributed by atoms with van der Waals surface area (Å²) in [6.45, 7) is 3.21. The molecule has 0 saturated carbocycles. The second-order valence-corrected chi connectivity index (χ2v) is 5.49. The third-order valence-electron chi connectivity index (χ3n) is 3.53. The van der Waals surface area contributed by atoms with Gasteiger partial charge in [-0.25, -0.2) is 0 Å². The van der Waals surface area contributed by atoms with Gasteiger partial charge in [0, 0.05) is 11.4 Å². The number of hydrogen-bond acceptors (Lipinski definition) is 4. The van der Waals surface area contributed by atoms with E-state index in [2.05, 4.69) is 22.4 Å². The molecule has 1 aliphatic rings. The van der Waals surface area contributed by atoms with Crippen LogP contribution in [0.2, 0.25) is 5.02 Å². The minimum absolute atomic E-state index is 0.195. The highest BCUT2D eigenvalue weighted by Crippen LogP contribution is 2.27. The van der Waals surface area contributed by atoms with Crippen molar-refractivity contribution in [2.75, 3.05) is 6.54 Å². The predicted octanol–water partition coefficient (Wildman–Crippen LogP) is 2.98. The number of hydrogen-bond donors (Lipinski definition) is 1. The van der Waals surface area contributed by atoms with Crippen molar-refractivity contribution < 1.29 is 4.52 Å². The molecule has 5 heteroatoms. The Bertz CT molecular complexity index is 569. The zero-order chi connectivity index (χ0) is 13.2. The van der Waals surface area contributed by atoms with Crippen LogP contribution >= 0.6 is 11.6 Å². The van der Waals surface area contributed by atoms with Gasteiger partial charge in [-0.05, 0) is 36.6 Å². The van der Waals surface area contributed by atoms with Crippen LogP contribution in [0.15, 0.2) is 28.8 Å². The van der Waals surface area contributed by atoms with E-state index in [0.29, 0.717) is 24.1 Å². The number of nitrogens with one attached hydrogen (secondary N) is 1. The van der Waals surface area contributed by atoms with E-state index in [1.807, 2.05) is 24.3 Å². The van der Waals surface area contributed by atoms with Gasteiger partial charge in [0.15, 0.2) is 5.82 Å². The van der Waals surface area contributed by atoms with E-state index < -0.39 is 0 Å². The van der Waals surface area contributed by atoms with Crippen molar-refractivity contribution in [3.8, 4) is 0 Å². The van der Waals surface area contributed by atoms with E-state index in [1.54, 1.807) is 0 Å². The molecule has 0 bridgehead atoms. The lowest BCUT2D eigenvalue weighted by Gasteiger charge is -2.09. The molecule has 1 aliphatic heterocycles. The average molecular weight is 278 g/mol. The molecule has 2 atom stereocenters. The highest BCUT2D eigenvalue weighted by atomic mass is 35.5. The molecule has 4 nitrogen and oxygen atoms in total. The van der Waals surface area contributed by atoms with Crippen LogP contribution in [-0.2, 0) is 6.42 Å². The first kappa shape index (κ1) is 12.6. The van der Waals surface area contributed by atoms with Crippen LogP contribution in [0, 0.1) is 5.92 Å². The van der Waals surface area contributed by atoms with Crippen molar-refractivity contribution >= 4 is 11.6 Å². The van der Waals surface area contributed by atoms with Crippen LogP contribution in [0.25, 0.3) is 0 Å². The maximum absolute atomic E-state index is 5.96. The standard InChI is InChI=1S/C14H16ClN3O/c1-9-5-6-16-13(9)14-17-12(18-19-14)8-10-3-2-4-11(15)7-10/h2-4,7,9,13,16H,5-6,8H2,1H3. The van der Waals surface area contributed by atoms with Gasteiger partial charge in [-0.3, -0.25) is 0 Å². The van der Waals surface area contributed by atoms with Crippen molar-refractivity contribution in [2.45, 2.75) is 25.8 Å². The molecule has 19 heavy (non-hydrogen) atoms. The van der Waals surface area contributed by atoms with Gasteiger partial charge in [0.25, 0.3) is 0 Å². The van der Waals surface area contributed by atoms with E-state index in [1.165, 1.54) is 0 Å². The quantitative estimate of drug-likeness (QED) is 0.937. The Morgan fingerprint density at radius 1 is 1.47 bits per heavy atom. The lowest BCUT2D eigenvalue weighted by atomic mass is 10.0. The highest BCUT2D eigenvalue weighted by molar-refractivity contribution is 6.30. The molecule has 1 saturated heterocycles. The van der Waals surface area contributed by atoms with E-state index in [-0.39, 0.29) is 6.04 Å². The SMILES string of the molecule is CC1CCNC1c1nc(Cc2cccc(Cl)c2)no1. The summed E-state index contributed by atoms with van der Waals surface area (Å²) in [5.41, 5.74) is 1.09. The molecule has 1 aromatic heterocycles. The molecule has 2 aromatic rings. The predicted molar refractivity (Wildman–Crippen MR) is 73.1 cm³/mol. The van der Waals surface area contributed by atoms with Crippen molar-refractivity contribution in [1.29, 1.82) is 0 Å². The molecular formula is C14H16ClN3O. The van der Waals surface area contributed by atoms with Gasteiger partial charge < -0.3 is 9.84 Å². The van der Waals surface area contributed by atoms with E-state index in [0.717, 1.165) is 23.6 Å². The average Bonchev–Trinajstić information content (AvgIpc) is 2.98. The number of aromatic nitrogens is 2. The maximum Gasteiger partial charge on any atom is 0.244 e. The first-order valence-corrected chi connectivity index (χ1v) is 6.90. The molecule has 100 valence electrons. The largest absolute Gasteiger partial charge is 0.338 e. The summed E-state index contributed by atoms with van der Waals surface area (Å²) in [7, 11) is 0. The van der Waals surface area contributed by atoms with Crippen molar-refractivity contribution in [2.24, 2.45) is 5.92 Å². The lowest BCUT2D eigenvalue weighted by Crippen LogP contribution is -2.16. The fourth-order valence-electron chi connectivity index (χ4n) is 2.46. The summed E-state index contributed by atoms with van der Waals surface area (Å²) in [5, 5.41) is 8.17. The monoisotopic (exact) mass is 277 g/mol. The van der Waals surface area contributed by atoms with Crippen LogP contribution in [0.3, 0.4) is 0 Å². The molecule has 1 aromatic carbocycles. The van der Waals surface area contributed by atoms with Crippen LogP contribution in [0.1, 0.15) is 36.7 Å².